The van der Waals surface area contributed by atoms with Crippen LogP contribution >= 0.6 is 0 Å². The molecule has 1 aliphatic heterocycles. The molecule has 0 spiro atoms. The van der Waals surface area contributed by atoms with Crippen LogP contribution in [0.1, 0.15) is 34.3 Å². The summed E-state index contributed by atoms with van der Waals surface area (Å²) in [5, 5.41) is 13.4. The fourth-order valence-electron chi connectivity index (χ4n) is 4.12. The molecule has 0 aliphatic carbocycles. The average molecular weight is 402 g/mol. The van der Waals surface area contributed by atoms with E-state index in [0.29, 0.717) is 24.3 Å². The van der Waals surface area contributed by atoms with Crippen LogP contribution in [0, 0.1) is 6.92 Å². The number of fused-ring (bicyclic) bond motifs is 3. The third-order valence-electron chi connectivity index (χ3n) is 5.57. The summed E-state index contributed by atoms with van der Waals surface area (Å²) in [6, 6.07) is 11.7. The van der Waals surface area contributed by atoms with Crippen molar-refractivity contribution in [2.75, 3.05) is 13.2 Å². The molecule has 8 heteroatoms. The standard InChI is InChI=1S/C22H22N6O2/c1-15-5-2-6-16-11-18(21-24-25-26-28(21)20(15)16)13-27(14-19-8-4-10-30-19)22(29)17-7-3-9-23-12-17/h2-3,5-7,9,11-12,19H,4,8,10,13-14H2,1H3/t19-/m0/s1. The van der Waals surface area contributed by atoms with E-state index >= 15 is 0 Å². The number of tetrazole rings is 1. The number of aromatic nitrogens is 5. The topological polar surface area (TPSA) is 85.5 Å². The highest BCUT2D eigenvalue weighted by molar-refractivity contribution is 5.94. The van der Waals surface area contributed by atoms with E-state index in [2.05, 4.69) is 26.6 Å². The lowest BCUT2D eigenvalue weighted by molar-refractivity contribution is 0.0507. The number of pyridine rings is 2. The molecule has 1 amide bonds. The number of aryl methyl sites for hydroxylation is 1. The van der Waals surface area contributed by atoms with E-state index in [1.807, 2.05) is 30.0 Å². The van der Waals surface area contributed by atoms with Gasteiger partial charge in [0.25, 0.3) is 5.91 Å². The lowest BCUT2D eigenvalue weighted by Gasteiger charge is -2.26. The summed E-state index contributed by atoms with van der Waals surface area (Å²) >= 11 is 0. The molecular formula is C22H22N6O2. The van der Waals surface area contributed by atoms with Gasteiger partial charge >= 0.3 is 0 Å². The largest absolute Gasteiger partial charge is 0.376 e. The second-order valence-corrected chi connectivity index (χ2v) is 7.66. The summed E-state index contributed by atoms with van der Waals surface area (Å²) in [6.07, 6.45) is 5.28. The summed E-state index contributed by atoms with van der Waals surface area (Å²) in [7, 11) is 0. The van der Waals surface area contributed by atoms with Crippen molar-refractivity contribution in [3.63, 3.8) is 0 Å². The van der Waals surface area contributed by atoms with Gasteiger partial charge < -0.3 is 9.64 Å². The molecule has 30 heavy (non-hydrogen) atoms. The number of ether oxygens (including phenoxy) is 1. The van der Waals surface area contributed by atoms with Gasteiger partial charge in [-0.1, -0.05) is 18.2 Å². The van der Waals surface area contributed by atoms with E-state index in [0.717, 1.165) is 41.5 Å². The van der Waals surface area contributed by atoms with Crippen LogP contribution < -0.4 is 0 Å². The second-order valence-electron chi connectivity index (χ2n) is 7.66. The van der Waals surface area contributed by atoms with Gasteiger partial charge in [0.05, 0.1) is 17.2 Å². The molecule has 0 unspecified atom stereocenters. The third kappa shape index (κ3) is 3.39. The van der Waals surface area contributed by atoms with Crippen LogP contribution in [0.5, 0.6) is 0 Å². The van der Waals surface area contributed by atoms with Gasteiger partial charge in [-0.05, 0) is 54.0 Å². The van der Waals surface area contributed by atoms with Crippen LogP contribution in [-0.4, -0.2) is 55.1 Å². The van der Waals surface area contributed by atoms with Crippen LogP contribution in [0.3, 0.4) is 0 Å². The first-order valence-corrected chi connectivity index (χ1v) is 10.1. The number of amides is 1. The lowest BCUT2D eigenvalue weighted by Crippen LogP contribution is -2.37. The van der Waals surface area contributed by atoms with Crippen molar-refractivity contribution in [1.29, 1.82) is 0 Å². The van der Waals surface area contributed by atoms with Gasteiger partial charge in [-0.2, -0.15) is 4.52 Å². The predicted octanol–water partition coefficient (Wildman–Crippen LogP) is 2.80. The molecule has 0 bridgehead atoms. The first-order chi connectivity index (χ1) is 14.7. The zero-order chi connectivity index (χ0) is 20.5. The van der Waals surface area contributed by atoms with Crippen molar-refractivity contribution < 1.29 is 9.53 Å². The van der Waals surface area contributed by atoms with Gasteiger partial charge in [-0.15, -0.1) is 5.10 Å². The summed E-state index contributed by atoms with van der Waals surface area (Å²) in [5.74, 6) is -0.0754. The van der Waals surface area contributed by atoms with Gasteiger partial charge in [0.15, 0.2) is 5.65 Å². The van der Waals surface area contributed by atoms with E-state index in [9.17, 15) is 4.79 Å². The molecule has 1 aliphatic rings. The molecule has 1 fully saturated rings. The number of rotatable bonds is 5. The zero-order valence-electron chi connectivity index (χ0n) is 16.7. The summed E-state index contributed by atoms with van der Waals surface area (Å²) in [5.41, 5.74) is 4.19. The molecule has 4 aromatic rings. The molecule has 5 rings (SSSR count). The number of hydrogen-bond donors (Lipinski definition) is 0. The van der Waals surface area contributed by atoms with Gasteiger partial charge in [-0.25, -0.2) is 0 Å². The molecule has 0 radical (unpaired) electrons. The van der Waals surface area contributed by atoms with E-state index in [1.165, 1.54) is 0 Å². The molecule has 8 nitrogen and oxygen atoms in total. The summed E-state index contributed by atoms with van der Waals surface area (Å²) < 4.78 is 7.57. The average Bonchev–Trinajstić information content (AvgIpc) is 3.45. The van der Waals surface area contributed by atoms with Crippen LogP contribution in [0.4, 0.5) is 0 Å². The molecule has 152 valence electrons. The van der Waals surface area contributed by atoms with Crippen molar-refractivity contribution in [3.8, 4) is 0 Å². The highest BCUT2D eigenvalue weighted by atomic mass is 16.5. The van der Waals surface area contributed by atoms with E-state index < -0.39 is 0 Å². The molecule has 4 heterocycles. The Kier molecular flexibility index (Phi) is 4.84. The summed E-state index contributed by atoms with van der Waals surface area (Å²) in [6.45, 7) is 3.70. The van der Waals surface area contributed by atoms with Gasteiger partial charge in [0.1, 0.15) is 0 Å². The number of para-hydroxylation sites is 1. The lowest BCUT2D eigenvalue weighted by atomic mass is 10.1. The van der Waals surface area contributed by atoms with Gasteiger partial charge in [-0.3, -0.25) is 9.78 Å². The highest BCUT2D eigenvalue weighted by Gasteiger charge is 2.25. The molecule has 1 aromatic carbocycles. The van der Waals surface area contributed by atoms with Crippen molar-refractivity contribution >= 4 is 22.5 Å². The Bertz CT molecular complexity index is 1200. The van der Waals surface area contributed by atoms with Gasteiger partial charge in [0, 0.05) is 43.0 Å². The fourth-order valence-corrected chi connectivity index (χ4v) is 4.12. The van der Waals surface area contributed by atoms with Crippen LogP contribution in [0.2, 0.25) is 0 Å². The van der Waals surface area contributed by atoms with E-state index in [4.69, 9.17) is 4.74 Å². The minimum absolute atomic E-state index is 0.0420. The molecular weight excluding hydrogens is 380 g/mol. The van der Waals surface area contributed by atoms with Crippen LogP contribution in [0.25, 0.3) is 16.6 Å². The number of hydrogen-bond acceptors (Lipinski definition) is 6. The summed E-state index contributed by atoms with van der Waals surface area (Å²) in [4.78, 5) is 19.2. The third-order valence-corrected chi connectivity index (χ3v) is 5.57. The highest BCUT2D eigenvalue weighted by Crippen LogP contribution is 2.24. The van der Waals surface area contributed by atoms with E-state index in [1.54, 1.807) is 29.0 Å². The van der Waals surface area contributed by atoms with E-state index in [-0.39, 0.29) is 12.0 Å². The Hall–Kier alpha value is -3.39. The number of carbonyl (C=O) groups excluding carboxylic acids is 1. The van der Waals surface area contributed by atoms with Gasteiger partial charge in [0.2, 0.25) is 0 Å². The number of benzene rings is 1. The maximum absolute atomic E-state index is 13.3. The van der Waals surface area contributed by atoms with Crippen molar-refractivity contribution in [2.45, 2.75) is 32.4 Å². The minimum atomic E-state index is -0.0754. The second kappa shape index (κ2) is 7.79. The normalized spacial score (nSPS) is 16.4. The molecule has 1 saturated heterocycles. The smallest absolute Gasteiger partial charge is 0.255 e. The number of carbonyl (C=O) groups is 1. The van der Waals surface area contributed by atoms with Crippen molar-refractivity contribution in [2.24, 2.45) is 0 Å². The SMILES string of the molecule is Cc1cccc2cc(CN(C[C@@H]3CCCO3)C(=O)c3cccnc3)c3nnnn3c12. The molecule has 3 aromatic heterocycles. The molecule has 0 N–H and O–H groups in total. The first kappa shape index (κ1) is 18.6. The molecule has 1 atom stereocenters. The Morgan fingerprint density at radius 2 is 2.23 bits per heavy atom. The maximum atomic E-state index is 13.3. The molecule has 0 saturated carbocycles. The first-order valence-electron chi connectivity index (χ1n) is 10.1. The predicted molar refractivity (Wildman–Crippen MR) is 111 cm³/mol. The Balaban J connectivity index is 1.56. The van der Waals surface area contributed by atoms with Crippen LogP contribution in [0.15, 0.2) is 48.8 Å². The van der Waals surface area contributed by atoms with Crippen molar-refractivity contribution in [3.05, 3.63) is 65.5 Å². The Labute approximate surface area is 173 Å². The van der Waals surface area contributed by atoms with Crippen LogP contribution in [-0.2, 0) is 11.3 Å². The fraction of sp³-hybridized carbons (Fsp3) is 0.318. The maximum Gasteiger partial charge on any atom is 0.255 e. The monoisotopic (exact) mass is 402 g/mol. The Morgan fingerprint density at radius 3 is 3.03 bits per heavy atom. The minimum Gasteiger partial charge on any atom is -0.376 e. The Morgan fingerprint density at radius 1 is 1.30 bits per heavy atom. The number of nitrogens with zero attached hydrogens (tertiary/aromatic N) is 6. The zero-order valence-corrected chi connectivity index (χ0v) is 16.7. The van der Waals surface area contributed by atoms with Crippen molar-refractivity contribution in [1.82, 2.24) is 29.9 Å². The quantitative estimate of drug-likeness (QED) is 0.510.